The summed E-state index contributed by atoms with van der Waals surface area (Å²) in [5, 5.41) is 9.71. The number of benzene rings is 1. The number of halogens is 1. The zero-order chi connectivity index (χ0) is 11.3. The van der Waals surface area contributed by atoms with Gasteiger partial charge in [-0.15, -0.1) is 0 Å². The molecule has 1 aromatic carbocycles. The third-order valence-electron chi connectivity index (χ3n) is 2.45. The summed E-state index contributed by atoms with van der Waals surface area (Å²) in [4.78, 5) is 0. The van der Waals surface area contributed by atoms with E-state index in [0.717, 1.165) is 6.42 Å². The normalized spacial score (nSPS) is 12.5. The van der Waals surface area contributed by atoms with Crippen LogP contribution in [-0.4, -0.2) is 11.7 Å². The lowest BCUT2D eigenvalue weighted by atomic mass is 10.1. The Morgan fingerprint density at radius 1 is 1.47 bits per heavy atom. The Bertz CT molecular complexity index is 312. The summed E-state index contributed by atoms with van der Waals surface area (Å²) >= 11 is 5.94. The molecular formula is C12H17ClO2. The quantitative estimate of drug-likeness (QED) is 0.838. The van der Waals surface area contributed by atoms with Gasteiger partial charge < -0.3 is 9.84 Å². The summed E-state index contributed by atoms with van der Waals surface area (Å²) in [7, 11) is 0. The van der Waals surface area contributed by atoms with Crippen molar-refractivity contribution < 1.29 is 9.84 Å². The number of hydrogen-bond donors (Lipinski definition) is 1. The highest BCUT2D eigenvalue weighted by Crippen LogP contribution is 2.26. The molecule has 0 fully saturated rings. The monoisotopic (exact) mass is 228 g/mol. The Morgan fingerprint density at radius 2 is 2.20 bits per heavy atom. The van der Waals surface area contributed by atoms with Gasteiger partial charge in [0.1, 0.15) is 5.75 Å². The Balaban J connectivity index is 2.72. The van der Waals surface area contributed by atoms with Crippen molar-refractivity contribution in [1.29, 1.82) is 0 Å². The second-order valence-electron chi connectivity index (χ2n) is 3.70. The largest absolute Gasteiger partial charge is 0.493 e. The van der Waals surface area contributed by atoms with Gasteiger partial charge in [0.25, 0.3) is 0 Å². The van der Waals surface area contributed by atoms with Gasteiger partial charge in [0.2, 0.25) is 0 Å². The SMILES string of the molecule is CCC(C)COc1cccc(Cl)c1CO. The van der Waals surface area contributed by atoms with Crippen molar-refractivity contribution >= 4 is 11.6 Å². The first-order chi connectivity index (χ1) is 7.19. The van der Waals surface area contributed by atoms with E-state index >= 15 is 0 Å². The summed E-state index contributed by atoms with van der Waals surface area (Å²) in [6.45, 7) is 4.82. The zero-order valence-corrected chi connectivity index (χ0v) is 9.92. The molecule has 2 nitrogen and oxygen atoms in total. The first kappa shape index (κ1) is 12.3. The summed E-state index contributed by atoms with van der Waals surface area (Å²) < 4.78 is 5.62. The molecule has 0 saturated carbocycles. The number of ether oxygens (including phenoxy) is 1. The van der Waals surface area contributed by atoms with Crippen LogP contribution in [0.25, 0.3) is 0 Å². The average molecular weight is 229 g/mol. The number of rotatable bonds is 5. The predicted octanol–water partition coefficient (Wildman–Crippen LogP) is 3.26. The fourth-order valence-corrected chi connectivity index (χ4v) is 1.40. The molecule has 1 unspecified atom stereocenters. The maximum absolute atomic E-state index is 9.16. The van der Waals surface area contributed by atoms with Gasteiger partial charge in [-0.1, -0.05) is 37.9 Å². The van der Waals surface area contributed by atoms with Crippen molar-refractivity contribution in [3.63, 3.8) is 0 Å². The van der Waals surface area contributed by atoms with Crippen LogP contribution in [0.15, 0.2) is 18.2 Å². The van der Waals surface area contributed by atoms with E-state index in [-0.39, 0.29) is 6.61 Å². The summed E-state index contributed by atoms with van der Waals surface area (Å²) in [6.07, 6.45) is 1.08. The summed E-state index contributed by atoms with van der Waals surface area (Å²) in [5.41, 5.74) is 0.669. The van der Waals surface area contributed by atoms with Crippen molar-refractivity contribution in [3.05, 3.63) is 28.8 Å². The molecule has 15 heavy (non-hydrogen) atoms. The second-order valence-corrected chi connectivity index (χ2v) is 4.11. The molecule has 3 heteroatoms. The Kier molecular flexibility index (Phi) is 4.92. The van der Waals surface area contributed by atoms with E-state index < -0.39 is 0 Å². The number of aliphatic hydroxyl groups is 1. The van der Waals surface area contributed by atoms with Gasteiger partial charge in [-0.25, -0.2) is 0 Å². The topological polar surface area (TPSA) is 29.5 Å². The first-order valence-electron chi connectivity index (χ1n) is 5.20. The number of aliphatic hydroxyl groups excluding tert-OH is 1. The molecule has 1 aromatic rings. The molecule has 0 amide bonds. The first-order valence-corrected chi connectivity index (χ1v) is 5.57. The molecule has 0 saturated heterocycles. The zero-order valence-electron chi connectivity index (χ0n) is 9.16. The minimum atomic E-state index is -0.0878. The van der Waals surface area contributed by atoms with Crippen LogP contribution in [0.4, 0.5) is 0 Å². The highest BCUT2D eigenvalue weighted by atomic mass is 35.5. The number of hydrogen-bond acceptors (Lipinski definition) is 2. The van der Waals surface area contributed by atoms with Crippen LogP contribution in [0.1, 0.15) is 25.8 Å². The molecule has 1 N–H and O–H groups in total. The van der Waals surface area contributed by atoms with Crippen LogP contribution in [0.2, 0.25) is 5.02 Å². The molecule has 0 spiro atoms. The lowest BCUT2D eigenvalue weighted by molar-refractivity contribution is 0.237. The Labute approximate surface area is 95.8 Å². The Hall–Kier alpha value is -0.730. The van der Waals surface area contributed by atoms with Crippen LogP contribution in [0, 0.1) is 5.92 Å². The average Bonchev–Trinajstić information content (AvgIpc) is 2.25. The van der Waals surface area contributed by atoms with E-state index in [9.17, 15) is 0 Å². The molecule has 0 aliphatic heterocycles. The van der Waals surface area contributed by atoms with E-state index in [2.05, 4.69) is 13.8 Å². The highest BCUT2D eigenvalue weighted by molar-refractivity contribution is 6.31. The van der Waals surface area contributed by atoms with Crippen LogP contribution >= 0.6 is 11.6 Å². The fraction of sp³-hybridized carbons (Fsp3) is 0.500. The predicted molar refractivity (Wildman–Crippen MR) is 62.3 cm³/mol. The van der Waals surface area contributed by atoms with Crippen molar-refractivity contribution in [2.75, 3.05) is 6.61 Å². The van der Waals surface area contributed by atoms with Crippen molar-refractivity contribution in [3.8, 4) is 5.75 Å². The van der Waals surface area contributed by atoms with Gasteiger partial charge in [0, 0.05) is 10.6 Å². The van der Waals surface area contributed by atoms with Crippen LogP contribution in [0.5, 0.6) is 5.75 Å². The standard InChI is InChI=1S/C12H17ClO2/c1-3-9(2)8-15-12-6-4-5-11(13)10(12)7-14/h4-6,9,14H,3,7-8H2,1-2H3. The minimum Gasteiger partial charge on any atom is -0.493 e. The van der Waals surface area contributed by atoms with Gasteiger partial charge >= 0.3 is 0 Å². The van der Waals surface area contributed by atoms with Crippen LogP contribution in [0.3, 0.4) is 0 Å². The lowest BCUT2D eigenvalue weighted by Crippen LogP contribution is -2.08. The van der Waals surface area contributed by atoms with Crippen molar-refractivity contribution in [1.82, 2.24) is 0 Å². The van der Waals surface area contributed by atoms with E-state index in [1.165, 1.54) is 0 Å². The van der Waals surface area contributed by atoms with Crippen LogP contribution < -0.4 is 4.74 Å². The smallest absolute Gasteiger partial charge is 0.126 e. The minimum absolute atomic E-state index is 0.0878. The molecule has 84 valence electrons. The maximum atomic E-state index is 9.16. The highest BCUT2D eigenvalue weighted by Gasteiger charge is 2.08. The van der Waals surface area contributed by atoms with Crippen LogP contribution in [-0.2, 0) is 6.61 Å². The summed E-state index contributed by atoms with van der Waals surface area (Å²) in [6, 6.07) is 5.41. The van der Waals surface area contributed by atoms with Crippen molar-refractivity contribution in [2.45, 2.75) is 26.9 Å². The van der Waals surface area contributed by atoms with Gasteiger partial charge in [0.05, 0.1) is 13.2 Å². The molecule has 1 atom stereocenters. The molecule has 0 radical (unpaired) electrons. The van der Waals surface area contributed by atoms with Gasteiger partial charge in [-0.3, -0.25) is 0 Å². The van der Waals surface area contributed by atoms with E-state index in [4.69, 9.17) is 21.4 Å². The molecule has 0 aromatic heterocycles. The lowest BCUT2D eigenvalue weighted by Gasteiger charge is -2.14. The molecule has 0 bridgehead atoms. The van der Waals surface area contributed by atoms with Crippen molar-refractivity contribution in [2.24, 2.45) is 5.92 Å². The van der Waals surface area contributed by atoms with Gasteiger partial charge in [-0.2, -0.15) is 0 Å². The van der Waals surface area contributed by atoms with Gasteiger partial charge in [-0.05, 0) is 18.1 Å². The molecule has 1 rings (SSSR count). The van der Waals surface area contributed by atoms with E-state index in [0.29, 0.717) is 28.9 Å². The fourth-order valence-electron chi connectivity index (χ4n) is 1.18. The molecule has 0 aliphatic rings. The molecular weight excluding hydrogens is 212 g/mol. The maximum Gasteiger partial charge on any atom is 0.126 e. The second kappa shape index (κ2) is 5.99. The third-order valence-corrected chi connectivity index (χ3v) is 2.81. The van der Waals surface area contributed by atoms with Gasteiger partial charge in [0.15, 0.2) is 0 Å². The molecule has 0 aliphatic carbocycles. The van der Waals surface area contributed by atoms with E-state index in [1.807, 2.05) is 12.1 Å². The summed E-state index contributed by atoms with van der Waals surface area (Å²) in [5.74, 6) is 1.20. The third kappa shape index (κ3) is 3.40. The molecule has 0 heterocycles. The Morgan fingerprint density at radius 3 is 2.80 bits per heavy atom. The van der Waals surface area contributed by atoms with E-state index in [1.54, 1.807) is 6.07 Å².